The number of likely N-dealkylation sites (tertiary alicyclic amines) is 1. The van der Waals surface area contributed by atoms with Gasteiger partial charge in [0, 0.05) is 25.1 Å². The van der Waals surface area contributed by atoms with E-state index in [1.54, 1.807) is 7.11 Å². The van der Waals surface area contributed by atoms with Gasteiger partial charge in [0.05, 0.1) is 6.61 Å². The molecule has 1 aliphatic heterocycles. The smallest absolute Gasteiger partial charge is 0.0589 e. The summed E-state index contributed by atoms with van der Waals surface area (Å²) in [6.45, 7) is 3.11. The zero-order valence-corrected chi connectivity index (χ0v) is 10.4. The molecule has 2 nitrogen and oxygen atoms in total. The maximum Gasteiger partial charge on any atom is 0.0589 e. The van der Waals surface area contributed by atoms with Gasteiger partial charge < -0.3 is 4.74 Å². The van der Waals surface area contributed by atoms with E-state index in [9.17, 15) is 0 Å². The fraction of sp³-hybridized carbons (Fsp3) is 1.00. The van der Waals surface area contributed by atoms with Gasteiger partial charge in [0.2, 0.25) is 0 Å². The number of fused-ring (bicyclic) bond motifs is 1. The second kappa shape index (κ2) is 5.51. The van der Waals surface area contributed by atoms with Crippen LogP contribution in [-0.4, -0.2) is 43.1 Å². The lowest BCUT2D eigenvalue weighted by atomic mass is 9.78. The highest BCUT2D eigenvalue weighted by Gasteiger charge is 2.37. The lowest BCUT2D eigenvalue weighted by Gasteiger charge is -2.46. The summed E-state index contributed by atoms with van der Waals surface area (Å²) >= 11 is 6.43. The average molecular weight is 232 g/mol. The van der Waals surface area contributed by atoms with Crippen LogP contribution in [0.4, 0.5) is 0 Å². The first-order chi connectivity index (χ1) is 7.33. The van der Waals surface area contributed by atoms with Crippen molar-refractivity contribution in [3.05, 3.63) is 0 Å². The molecular formula is C12H22ClNO. The Morgan fingerprint density at radius 2 is 2.07 bits per heavy atom. The molecule has 0 aromatic heterocycles. The topological polar surface area (TPSA) is 12.5 Å². The van der Waals surface area contributed by atoms with Crippen LogP contribution in [0, 0.1) is 5.92 Å². The van der Waals surface area contributed by atoms with Crippen LogP contribution in [-0.2, 0) is 4.74 Å². The predicted molar refractivity (Wildman–Crippen MR) is 63.5 cm³/mol. The van der Waals surface area contributed by atoms with E-state index in [1.807, 2.05) is 0 Å². The molecule has 1 heterocycles. The first kappa shape index (κ1) is 11.7. The average Bonchev–Trinajstić information content (AvgIpc) is 2.29. The standard InChI is InChI=1S/C12H22ClNO/c1-15-9-8-14-7-6-11(13)10-4-2-3-5-12(10)14/h10-12H,2-9H2,1H3/t10-,11-,12+/m1/s1. The first-order valence-corrected chi connectivity index (χ1v) is 6.63. The lowest BCUT2D eigenvalue weighted by Crippen LogP contribution is -2.51. The highest BCUT2D eigenvalue weighted by atomic mass is 35.5. The third-order valence-electron chi connectivity index (χ3n) is 3.99. The number of hydrogen-bond donors (Lipinski definition) is 0. The Kier molecular flexibility index (Phi) is 4.30. The normalized spacial score (nSPS) is 37.6. The molecule has 0 amide bonds. The van der Waals surface area contributed by atoms with Crippen molar-refractivity contribution in [3.8, 4) is 0 Å². The fourth-order valence-corrected chi connectivity index (χ4v) is 3.56. The van der Waals surface area contributed by atoms with E-state index >= 15 is 0 Å². The van der Waals surface area contributed by atoms with Crippen LogP contribution in [0.3, 0.4) is 0 Å². The van der Waals surface area contributed by atoms with Crippen molar-refractivity contribution in [2.24, 2.45) is 5.92 Å². The third kappa shape index (κ3) is 2.66. The number of alkyl halides is 1. The number of rotatable bonds is 3. The van der Waals surface area contributed by atoms with E-state index in [0.717, 1.165) is 31.5 Å². The summed E-state index contributed by atoms with van der Waals surface area (Å²) in [6, 6.07) is 0.741. The molecule has 3 atom stereocenters. The Morgan fingerprint density at radius 3 is 2.87 bits per heavy atom. The Bertz CT molecular complexity index is 198. The zero-order valence-electron chi connectivity index (χ0n) is 9.62. The maximum absolute atomic E-state index is 6.43. The molecule has 0 aromatic rings. The lowest BCUT2D eigenvalue weighted by molar-refractivity contribution is 0.0416. The van der Waals surface area contributed by atoms with Crippen LogP contribution < -0.4 is 0 Å². The quantitative estimate of drug-likeness (QED) is 0.693. The van der Waals surface area contributed by atoms with Gasteiger partial charge in [0.15, 0.2) is 0 Å². The predicted octanol–water partition coefficient (Wildman–Crippen LogP) is 2.50. The maximum atomic E-state index is 6.43. The van der Waals surface area contributed by atoms with Gasteiger partial charge in [-0.05, 0) is 31.7 Å². The van der Waals surface area contributed by atoms with Crippen molar-refractivity contribution in [1.29, 1.82) is 0 Å². The third-order valence-corrected chi connectivity index (χ3v) is 4.53. The molecule has 0 N–H and O–H groups in total. The van der Waals surface area contributed by atoms with Crippen LogP contribution in [0.25, 0.3) is 0 Å². The summed E-state index contributed by atoms with van der Waals surface area (Å²) in [6.07, 6.45) is 6.60. The molecule has 1 saturated carbocycles. The minimum atomic E-state index is 0.425. The Balaban J connectivity index is 1.94. The van der Waals surface area contributed by atoms with Gasteiger partial charge in [0.1, 0.15) is 0 Å². The number of piperidine rings is 1. The van der Waals surface area contributed by atoms with Crippen molar-refractivity contribution in [2.75, 3.05) is 26.8 Å². The molecule has 2 rings (SSSR count). The van der Waals surface area contributed by atoms with Gasteiger partial charge in [-0.2, -0.15) is 0 Å². The minimum Gasteiger partial charge on any atom is -0.383 e. The largest absolute Gasteiger partial charge is 0.383 e. The Hall–Kier alpha value is 0.210. The van der Waals surface area contributed by atoms with Gasteiger partial charge in [0.25, 0.3) is 0 Å². The molecule has 15 heavy (non-hydrogen) atoms. The molecular weight excluding hydrogens is 210 g/mol. The molecule has 0 bridgehead atoms. The van der Waals surface area contributed by atoms with Crippen molar-refractivity contribution in [1.82, 2.24) is 4.90 Å². The van der Waals surface area contributed by atoms with Crippen LogP contribution in [0.1, 0.15) is 32.1 Å². The number of halogens is 1. The number of ether oxygens (including phenoxy) is 1. The van der Waals surface area contributed by atoms with Crippen LogP contribution in [0.5, 0.6) is 0 Å². The summed E-state index contributed by atoms with van der Waals surface area (Å²) < 4.78 is 5.18. The van der Waals surface area contributed by atoms with Crippen molar-refractivity contribution < 1.29 is 4.74 Å². The van der Waals surface area contributed by atoms with Crippen molar-refractivity contribution in [3.63, 3.8) is 0 Å². The highest BCUT2D eigenvalue weighted by molar-refractivity contribution is 6.20. The van der Waals surface area contributed by atoms with Crippen LogP contribution in [0.2, 0.25) is 0 Å². The Morgan fingerprint density at radius 1 is 1.27 bits per heavy atom. The van der Waals surface area contributed by atoms with E-state index < -0.39 is 0 Å². The molecule has 1 saturated heterocycles. The second-order valence-electron chi connectivity index (χ2n) is 4.85. The van der Waals surface area contributed by atoms with Gasteiger partial charge in [-0.1, -0.05) is 12.8 Å². The SMILES string of the molecule is COCCN1CC[C@@H](Cl)[C@H]2CCCC[C@@H]21. The van der Waals surface area contributed by atoms with Crippen molar-refractivity contribution in [2.45, 2.75) is 43.5 Å². The van der Waals surface area contributed by atoms with Gasteiger partial charge in [-0.25, -0.2) is 0 Å². The molecule has 3 heteroatoms. The summed E-state index contributed by atoms with van der Waals surface area (Å²) in [7, 11) is 1.78. The number of methoxy groups -OCH3 is 1. The van der Waals surface area contributed by atoms with Gasteiger partial charge >= 0.3 is 0 Å². The van der Waals surface area contributed by atoms with Gasteiger partial charge in [-0.15, -0.1) is 11.6 Å². The summed E-state index contributed by atoms with van der Waals surface area (Å²) in [5.74, 6) is 0.742. The summed E-state index contributed by atoms with van der Waals surface area (Å²) in [5.41, 5.74) is 0. The zero-order chi connectivity index (χ0) is 10.7. The minimum absolute atomic E-state index is 0.425. The number of hydrogen-bond acceptors (Lipinski definition) is 2. The van der Waals surface area contributed by atoms with E-state index in [1.165, 1.54) is 32.2 Å². The second-order valence-corrected chi connectivity index (χ2v) is 5.41. The van der Waals surface area contributed by atoms with Gasteiger partial charge in [-0.3, -0.25) is 4.90 Å². The molecule has 0 unspecified atom stereocenters. The molecule has 0 aromatic carbocycles. The molecule has 0 spiro atoms. The van der Waals surface area contributed by atoms with E-state index in [4.69, 9.17) is 16.3 Å². The number of nitrogens with zero attached hydrogens (tertiary/aromatic N) is 1. The van der Waals surface area contributed by atoms with E-state index in [0.29, 0.717) is 5.38 Å². The summed E-state index contributed by atoms with van der Waals surface area (Å²) in [4.78, 5) is 2.60. The summed E-state index contributed by atoms with van der Waals surface area (Å²) in [5, 5.41) is 0.425. The molecule has 0 radical (unpaired) electrons. The molecule has 2 aliphatic rings. The van der Waals surface area contributed by atoms with E-state index in [2.05, 4.69) is 4.90 Å². The highest BCUT2D eigenvalue weighted by Crippen LogP contribution is 2.37. The molecule has 88 valence electrons. The van der Waals surface area contributed by atoms with E-state index in [-0.39, 0.29) is 0 Å². The molecule has 1 aliphatic carbocycles. The first-order valence-electron chi connectivity index (χ1n) is 6.20. The fourth-order valence-electron chi connectivity index (χ4n) is 3.17. The molecule has 2 fully saturated rings. The van der Waals surface area contributed by atoms with Crippen LogP contribution in [0.15, 0.2) is 0 Å². The Labute approximate surface area is 97.9 Å². The van der Waals surface area contributed by atoms with Crippen LogP contribution >= 0.6 is 11.6 Å². The van der Waals surface area contributed by atoms with Crippen molar-refractivity contribution >= 4 is 11.6 Å². The monoisotopic (exact) mass is 231 g/mol.